The van der Waals surface area contributed by atoms with Gasteiger partial charge in [-0.25, -0.2) is 4.79 Å². The number of hydrazone groups is 1. The second-order valence-electron chi connectivity index (χ2n) is 9.43. The number of hydrogen-bond acceptors (Lipinski definition) is 3. The summed E-state index contributed by atoms with van der Waals surface area (Å²) >= 11 is 0. The van der Waals surface area contributed by atoms with Crippen LogP contribution in [0.3, 0.4) is 0 Å². The first-order chi connectivity index (χ1) is 17.4. The van der Waals surface area contributed by atoms with E-state index in [-0.39, 0.29) is 5.69 Å². The Morgan fingerprint density at radius 2 is 1.67 bits per heavy atom. The fourth-order valence-electron chi connectivity index (χ4n) is 4.62. The quantitative estimate of drug-likeness (QED) is 0.145. The molecule has 1 aromatic heterocycles. The molecule has 4 rings (SSSR count). The molecule has 0 aliphatic heterocycles. The topological polar surface area (TPSA) is 91.3 Å². The van der Waals surface area contributed by atoms with E-state index in [9.17, 15) is 4.79 Å². The maximum absolute atomic E-state index is 13.7. The standard InChI is InChI=1S/C30H35N5O/c1-4-5-10-24-20-35(28-14-9-8-11-25(28)21(2)3)30(36)34(24)19-22-15-17-23(18-16-22)26-12-6-7-13-27(26)29(31)33-32/h6-9,11-18,20-21H,4-5,10,19,32H2,1-3H3,(H2,31,33). The summed E-state index contributed by atoms with van der Waals surface area (Å²) in [6.07, 6.45) is 5.00. The second-order valence-corrected chi connectivity index (χ2v) is 9.43. The smallest absolute Gasteiger partial charge is 0.333 e. The fourth-order valence-corrected chi connectivity index (χ4v) is 4.62. The number of nitrogens with zero attached hydrogens (tertiary/aromatic N) is 3. The molecule has 0 fully saturated rings. The van der Waals surface area contributed by atoms with Crippen molar-refractivity contribution in [1.82, 2.24) is 9.13 Å². The predicted molar refractivity (Wildman–Crippen MR) is 149 cm³/mol. The number of rotatable bonds is 9. The molecule has 4 aromatic rings. The van der Waals surface area contributed by atoms with Gasteiger partial charge >= 0.3 is 5.69 Å². The van der Waals surface area contributed by atoms with Gasteiger partial charge in [0.05, 0.1) is 12.2 Å². The lowest BCUT2D eigenvalue weighted by Crippen LogP contribution is -2.25. The minimum Gasteiger partial charge on any atom is -0.382 e. The first-order valence-electron chi connectivity index (χ1n) is 12.6. The third-order valence-corrected chi connectivity index (χ3v) is 6.61. The maximum Gasteiger partial charge on any atom is 0.333 e. The highest BCUT2D eigenvalue weighted by Crippen LogP contribution is 2.25. The number of hydrogen-bond donors (Lipinski definition) is 2. The SMILES string of the molecule is CCCCc1cn(-c2ccccc2C(C)C)c(=O)n1Cc1ccc(-c2ccccc2/C(N)=N/N)cc1. The Morgan fingerprint density at radius 1 is 0.972 bits per heavy atom. The Labute approximate surface area is 212 Å². The molecular formula is C30H35N5O. The van der Waals surface area contributed by atoms with Crippen molar-refractivity contribution in [2.75, 3.05) is 0 Å². The van der Waals surface area contributed by atoms with Crippen molar-refractivity contribution in [3.63, 3.8) is 0 Å². The van der Waals surface area contributed by atoms with Crippen LogP contribution in [0.1, 0.15) is 61.9 Å². The first kappa shape index (κ1) is 25.0. The van der Waals surface area contributed by atoms with Crippen molar-refractivity contribution in [1.29, 1.82) is 0 Å². The summed E-state index contributed by atoms with van der Waals surface area (Å²) in [6.45, 7) is 7.01. The number of nitrogens with two attached hydrogens (primary N) is 2. The van der Waals surface area contributed by atoms with Crippen molar-refractivity contribution >= 4 is 5.84 Å². The van der Waals surface area contributed by atoms with Crippen LogP contribution in [0, 0.1) is 0 Å². The van der Waals surface area contributed by atoms with E-state index in [1.54, 1.807) is 0 Å². The summed E-state index contributed by atoms with van der Waals surface area (Å²) in [5.41, 5.74) is 13.0. The number of unbranched alkanes of at least 4 members (excludes halogenated alkanes) is 1. The lowest BCUT2D eigenvalue weighted by atomic mass is 9.98. The molecule has 6 nitrogen and oxygen atoms in total. The molecule has 0 aliphatic carbocycles. The predicted octanol–water partition coefficient (Wildman–Crippen LogP) is 5.40. The molecule has 0 atom stereocenters. The van der Waals surface area contributed by atoms with Crippen LogP contribution < -0.4 is 17.3 Å². The largest absolute Gasteiger partial charge is 0.382 e. The average molecular weight is 482 g/mol. The van der Waals surface area contributed by atoms with Crippen LogP contribution in [0.25, 0.3) is 16.8 Å². The van der Waals surface area contributed by atoms with E-state index in [4.69, 9.17) is 11.6 Å². The van der Waals surface area contributed by atoms with Gasteiger partial charge in [-0.2, -0.15) is 5.10 Å². The number of amidine groups is 1. The highest BCUT2D eigenvalue weighted by molar-refractivity contribution is 6.03. The van der Waals surface area contributed by atoms with Crippen LogP contribution in [0.2, 0.25) is 0 Å². The molecule has 6 heteroatoms. The zero-order valence-corrected chi connectivity index (χ0v) is 21.3. The number of benzene rings is 3. The van der Waals surface area contributed by atoms with Crippen LogP contribution in [0.15, 0.2) is 88.9 Å². The fraction of sp³-hybridized carbons (Fsp3) is 0.267. The molecular weight excluding hydrogens is 446 g/mol. The van der Waals surface area contributed by atoms with Gasteiger partial charge in [0.15, 0.2) is 5.84 Å². The summed E-state index contributed by atoms with van der Waals surface area (Å²) in [5.74, 6) is 6.04. The number of aryl methyl sites for hydroxylation is 1. The van der Waals surface area contributed by atoms with Crippen LogP contribution >= 0.6 is 0 Å². The summed E-state index contributed by atoms with van der Waals surface area (Å²) in [6, 6.07) is 24.2. The lowest BCUT2D eigenvalue weighted by Gasteiger charge is -2.12. The molecule has 3 aromatic carbocycles. The molecule has 0 bridgehead atoms. The van der Waals surface area contributed by atoms with Gasteiger partial charge in [0.1, 0.15) is 0 Å². The summed E-state index contributed by atoms with van der Waals surface area (Å²) in [5, 5.41) is 3.66. The van der Waals surface area contributed by atoms with Crippen molar-refractivity contribution in [2.45, 2.75) is 52.5 Å². The van der Waals surface area contributed by atoms with Gasteiger partial charge in [-0.05, 0) is 47.1 Å². The molecule has 0 unspecified atom stereocenters. The van der Waals surface area contributed by atoms with E-state index in [1.165, 1.54) is 5.56 Å². The van der Waals surface area contributed by atoms with Crippen molar-refractivity contribution in [3.8, 4) is 16.8 Å². The molecule has 186 valence electrons. The summed E-state index contributed by atoms with van der Waals surface area (Å²) < 4.78 is 3.73. The maximum atomic E-state index is 13.7. The highest BCUT2D eigenvalue weighted by atomic mass is 16.1. The summed E-state index contributed by atoms with van der Waals surface area (Å²) in [4.78, 5) is 13.7. The first-order valence-corrected chi connectivity index (χ1v) is 12.6. The second kappa shape index (κ2) is 11.1. The highest BCUT2D eigenvalue weighted by Gasteiger charge is 2.16. The zero-order chi connectivity index (χ0) is 25.7. The molecule has 0 aliphatic rings. The molecule has 0 saturated heterocycles. The van der Waals surface area contributed by atoms with E-state index < -0.39 is 0 Å². The minimum absolute atomic E-state index is 0.00411. The monoisotopic (exact) mass is 481 g/mol. The van der Waals surface area contributed by atoms with Crippen molar-refractivity contribution in [2.24, 2.45) is 16.7 Å². The molecule has 0 spiro atoms. The van der Waals surface area contributed by atoms with E-state index in [0.717, 1.165) is 52.9 Å². The van der Waals surface area contributed by atoms with Gasteiger partial charge in [0, 0.05) is 17.5 Å². The zero-order valence-electron chi connectivity index (χ0n) is 21.3. The van der Waals surface area contributed by atoms with Crippen LogP contribution in [0.4, 0.5) is 0 Å². The average Bonchev–Trinajstić information content (AvgIpc) is 3.22. The molecule has 36 heavy (non-hydrogen) atoms. The lowest BCUT2D eigenvalue weighted by molar-refractivity contribution is 0.673. The van der Waals surface area contributed by atoms with Gasteiger partial charge < -0.3 is 11.6 Å². The Kier molecular flexibility index (Phi) is 7.74. The van der Waals surface area contributed by atoms with Crippen LogP contribution in [0.5, 0.6) is 0 Å². The normalized spacial score (nSPS) is 11.8. The van der Waals surface area contributed by atoms with E-state index in [0.29, 0.717) is 18.3 Å². The third kappa shape index (κ3) is 5.13. The van der Waals surface area contributed by atoms with E-state index in [2.05, 4.69) is 56.2 Å². The van der Waals surface area contributed by atoms with E-state index in [1.807, 2.05) is 57.8 Å². The Morgan fingerprint density at radius 3 is 2.36 bits per heavy atom. The van der Waals surface area contributed by atoms with Gasteiger partial charge in [0.2, 0.25) is 0 Å². The van der Waals surface area contributed by atoms with Crippen LogP contribution in [-0.4, -0.2) is 15.0 Å². The van der Waals surface area contributed by atoms with Crippen molar-refractivity contribution < 1.29 is 0 Å². The van der Waals surface area contributed by atoms with Crippen molar-refractivity contribution in [3.05, 3.63) is 112 Å². The third-order valence-electron chi connectivity index (χ3n) is 6.61. The Bertz CT molecular complexity index is 1410. The molecule has 0 saturated carbocycles. The van der Waals surface area contributed by atoms with Crippen LogP contribution in [-0.2, 0) is 13.0 Å². The molecule has 0 amide bonds. The number of imidazole rings is 1. The Balaban J connectivity index is 1.70. The molecule has 4 N–H and O–H groups in total. The van der Waals surface area contributed by atoms with Gasteiger partial charge in [-0.1, -0.05) is 93.9 Å². The molecule has 1 heterocycles. The van der Waals surface area contributed by atoms with Gasteiger partial charge in [0.25, 0.3) is 0 Å². The van der Waals surface area contributed by atoms with E-state index >= 15 is 0 Å². The number of para-hydroxylation sites is 1. The van der Waals surface area contributed by atoms with Gasteiger partial charge in [-0.15, -0.1) is 0 Å². The summed E-state index contributed by atoms with van der Waals surface area (Å²) in [7, 11) is 0. The number of aromatic nitrogens is 2. The molecule has 0 radical (unpaired) electrons. The van der Waals surface area contributed by atoms with Gasteiger partial charge in [-0.3, -0.25) is 9.13 Å². The Hall–Kier alpha value is -4.06. The minimum atomic E-state index is -0.00411.